The molecule has 0 aliphatic rings. The van der Waals surface area contributed by atoms with Crippen LogP contribution in [0.1, 0.15) is 31.9 Å². The molecule has 1 rings (SSSR count). The fourth-order valence-electron chi connectivity index (χ4n) is 1.61. The van der Waals surface area contributed by atoms with Crippen molar-refractivity contribution >= 4 is 5.97 Å². The van der Waals surface area contributed by atoms with E-state index in [1.54, 1.807) is 7.11 Å². The number of rotatable bonds is 3. The number of hydrogen-bond donors (Lipinski definition) is 0. The van der Waals surface area contributed by atoms with Crippen molar-refractivity contribution in [3.05, 3.63) is 29.3 Å². The molecule has 0 radical (unpaired) electrons. The summed E-state index contributed by atoms with van der Waals surface area (Å²) in [7, 11) is 1.62. The minimum atomic E-state index is -0.441. The van der Waals surface area contributed by atoms with Gasteiger partial charge in [-0.15, -0.1) is 0 Å². The van der Waals surface area contributed by atoms with Gasteiger partial charge < -0.3 is 9.47 Å². The van der Waals surface area contributed by atoms with Gasteiger partial charge in [-0.1, -0.05) is 12.1 Å². The molecule has 1 aromatic rings. The zero-order chi connectivity index (χ0) is 13.1. The van der Waals surface area contributed by atoms with E-state index in [2.05, 4.69) is 0 Å². The molecule has 0 fully saturated rings. The van der Waals surface area contributed by atoms with Gasteiger partial charge in [-0.3, -0.25) is 4.79 Å². The molecule has 3 heteroatoms. The maximum Gasteiger partial charge on any atom is 0.310 e. The lowest BCUT2D eigenvalue weighted by Crippen LogP contribution is -2.25. The van der Waals surface area contributed by atoms with Crippen molar-refractivity contribution in [2.75, 3.05) is 7.11 Å². The zero-order valence-electron chi connectivity index (χ0n) is 11.2. The Labute approximate surface area is 103 Å². The van der Waals surface area contributed by atoms with E-state index < -0.39 is 5.60 Å². The Hall–Kier alpha value is -1.51. The van der Waals surface area contributed by atoms with Gasteiger partial charge in [-0.25, -0.2) is 0 Å². The first-order valence-corrected chi connectivity index (χ1v) is 5.68. The Morgan fingerprint density at radius 3 is 2.47 bits per heavy atom. The molecule has 1 aromatic carbocycles. The van der Waals surface area contributed by atoms with Gasteiger partial charge >= 0.3 is 5.97 Å². The van der Waals surface area contributed by atoms with E-state index in [4.69, 9.17) is 9.47 Å². The van der Waals surface area contributed by atoms with Crippen LogP contribution in [0.15, 0.2) is 18.2 Å². The van der Waals surface area contributed by atoms with Crippen LogP contribution in [0.2, 0.25) is 0 Å². The second-order valence-electron chi connectivity index (χ2n) is 5.01. The van der Waals surface area contributed by atoms with Crippen molar-refractivity contribution in [1.82, 2.24) is 0 Å². The van der Waals surface area contributed by atoms with Crippen molar-refractivity contribution in [3.63, 3.8) is 0 Å². The van der Waals surface area contributed by atoms with Crippen LogP contribution in [-0.4, -0.2) is 18.7 Å². The van der Waals surface area contributed by atoms with Crippen molar-refractivity contribution in [1.29, 1.82) is 0 Å². The predicted octanol–water partition coefficient (Wildman–Crippen LogP) is 2.89. The first-order chi connectivity index (χ1) is 7.83. The second kappa shape index (κ2) is 5.21. The molecule has 0 atom stereocenters. The molecule has 94 valence electrons. The molecule has 0 heterocycles. The van der Waals surface area contributed by atoms with Crippen LogP contribution in [0.5, 0.6) is 5.75 Å². The molecule has 0 N–H and O–H groups in total. The quantitative estimate of drug-likeness (QED) is 0.757. The lowest BCUT2D eigenvalue weighted by atomic mass is 10.0. The van der Waals surface area contributed by atoms with Crippen LogP contribution < -0.4 is 4.74 Å². The average molecular weight is 236 g/mol. The van der Waals surface area contributed by atoms with E-state index in [9.17, 15) is 4.79 Å². The largest absolute Gasteiger partial charge is 0.496 e. The molecule has 0 aliphatic heterocycles. The minimum absolute atomic E-state index is 0.214. The standard InChI is InChI=1S/C14H20O3/c1-10-11(7-6-8-12(10)16-5)9-13(15)17-14(2,3)4/h6-8H,9H2,1-5H3. The third-order valence-electron chi connectivity index (χ3n) is 2.37. The molecule has 17 heavy (non-hydrogen) atoms. The molecule has 0 saturated heterocycles. The summed E-state index contributed by atoms with van der Waals surface area (Å²) in [5.74, 6) is 0.583. The summed E-state index contributed by atoms with van der Waals surface area (Å²) >= 11 is 0. The molecular weight excluding hydrogens is 216 g/mol. The Morgan fingerprint density at radius 1 is 1.29 bits per heavy atom. The maximum atomic E-state index is 11.7. The number of esters is 1. The van der Waals surface area contributed by atoms with Crippen molar-refractivity contribution in [3.8, 4) is 5.75 Å². The van der Waals surface area contributed by atoms with Crippen LogP contribution in [0.4, 0.5) is 0 Å². The molecule has 0 bridgehead atoms. The average Bonchev–Trinajstić information content (AvgIpc) is 2.18. The Kier molecular flexibility index (Phi) is 4.16. The molecule has 0 aliphatic carbocycles. The summed E-state index contributed by atoms with van der Waals surface area (Å²) < 4.78 is 10.5. The van der Waals surface area contributed by atoms with E-state index in [0.29, 0.717) is 0 Å². The number of carbonyl (C=O) groups excluding carboxylic acids is 1. The monoisotopic (exact) mass is 236 g/mol. The second-order valence-corrected chi connectivity index (χ2v) is 5.01. The molecular formula is C14H20O3. The summed E-state index contributed by atoms with van der Waals surface area (Å²) in [6.45, 7) is 7.54. The maximum absolute atomic E-state index is 11.7. The normalized spacial score (nSPS) is 11.1. The smallest absolute Gasteiger partial charge is 0.310 e. The minimum Gasteiger partial charge on any atom is -0.496 e. The van der Waals surface area contributed by atoms with Crippen molar-refractivity contribution in [2.24, 2.45) is 0 Å². The number of methoxy groups -OCH3 is 1. The Morgan fingerprint density at radius 2 is 1.94 bits per heavy atom. The molecule has 3 nitrogen and oxygen atoms in total. The van der Waals surface area contributed by atoms with Gasteiger partial charge in [-0.2, -0.15) is 0 Å². The van der Waals surface area contributed by atoms with Crippen LogP contribution in [0.25, 0.3) is 0 Å². The summed E-state index contributed by atoms with van der Waals surface area (Å²) in [6.07, 6.45) is 0.278. The van der Waals surface area contributed by atoms with Gasteiger partial charge in [-0.05, 0) is 44.9 Å². The van der Waals surface area contributed by atoms with Gasteiger partial charge in [0.2, 0.25) is 0 Å². The Bertz CT molecular complexity index is 402. The molecule has 0 aromatic heterocycles. The van der Waals surface area contributed by atoms with Gasteiger partial charge in [0.05, 0.1) is 13.5 Å². The molecule has 0 amide bonds. The van der Waals surface area contributed by atoms with Gasteiger partial charge in [0.15, 0.2) is 0 Å². The third-order valence-corrected chi connectivity index (χ3v) is 2.37. The lowest BCUT2D eigenvalue weighted by molar-refractivity contribution is -0.153. The summed E-state index contributed by atoms with van der Waals surface area (Å²) in [6, 6.07) is 5.68. The summed E-state index contributed by atoms with van der Waals surface area (Å²) in [5.41, 5.74) is 1.49. The first kappa shape index (κ1) is 13.6. The molecule has 0 unspecified atom stereocenters. The lowest BCUT2D eigenvalue weighted by Gasteiger charge is -2.20. The number of ether oxygens (including phenoxy) is 2. The number of hydrogen-bond acceptors (Lipinski definition) is 3. The van der Waals surface area contributed by atoms with E-state index in [-0.39, 0.29) is 12.4 Å². The fourth-order valence-corrected chi connectivity index (χ4v) is 1.61. The zero-order valence-corrected chi connectivity index (χ0v) is 11.2. The number of carbonyl (C=O) groups is 1. The van der Waals surface area contributed by atoms with Gasteiger partial charge in [0, 0.05) is 0 Å². The van der Waals surface area contributed by atoms with Crippen molar-refractivity contribution < 1.29 is 14.3 Å². The van der Waals surface area contributed by atoms with E-state index in [1.807, 2.05) is 45.9 Å². The Balaban J connectivity index is 2.79. The highest BCUT2D eigenvalue weighted by Gasteiger charge is 2.17. The number of benzene rings is 1. The highest BCUT2D eigenvalue weighted by Crippen LogP contribution is 2.22. The van der Waals surface area contributed by atoms with E-state index in [0.717, 1.165) is 16.9 Å². The SMILES string of the molecule is COc1cccc(CC(=O)OC(C)(C)C)c1C. The van der Waals surface area contributed by atoms with Gasteiger partial charge in [0.25, 0.3) is 0 Å². The highest BCUT2D eigenvalue weighted by atomic mass is 16.6. The summed E-state index contributed by atoms with van der Waals surface area (Å²) in [5, 5.41) is 0. The van der Waals surface area contributed by atoms with Crippen LogP contribution in [0.3, 0.4) is 0 Å². The molecule has 0 spiro atoms. The topological polar surface area (TPSA) is 35.5 Å². The van der Waals surface area contributed by atoms with Crippen LogP contribution >= 0.6 is 0 Å². The summed E-state index contributed by atoms with van der Waals surface area (Å²) in [4.78, 5) is 11.7. The molecule has 0 saturated carbocycles. The predicted molar refractivity (Wildman–Crippen MR) is 67.3 cm³/mol. The third kappa shape index (κ3) is 4.10. The first-order valence-electron chi connectivity index (χ1n) is 5.68. The van der Waals surface area contributed by atoms with Crippen LogP contribution in [-0.2, 0) is 16.0 Å². The highest BCUT2D eigenvalue weighted by molar-refractivity contribution is 5.73. The van der Waals surface area contributed by atoms with Gasteiger partial charge in [0.1, 0.15) is 11.4 Å². The van der Waals surface area contributed by atoms with E-state index in [1.165, 1.54) is 0 Å². The van der Waals surface area contributed by atoms with E-state index >= 15 is 0 Å². The van der Waals surface area contributed by atoms with Crippen LogP contribution in [0, 0.1) is 6.92 Å². The van der Waals surface area contributed by atoms with Crippen molar-refractivity contribution in [2.45, 2.75) is 39.7 Å². The fraction of sp³-hybridized carbons (Fsp3) is 0.500.